The van der Waals surface area contributed by atoms with Gasteiger partial charge in [0.2, 0.25) is 0 Å². The van der Waals surface area contributed by atoms with Crippen molar-refractivity contribution in [3.63, 3.8) is 0 Å². The number of hydrogen-bond donors (Lipinski definition) is 2. The molecular formula is C19H15BrN2O4. The van der Waals surface area contributed by atoms with Crippen LogP contribution in [-0.4, -0.2) is 11.8 Å². The van der Waals surface area contributed by atoms with Crippen LogP contribution in [0, 0.1) is 0 Å². The zero-order valence-electron chi connectivity index (χ0n) is 13.6. The van der Waals surface area contributed by atoms with Gasteiger partial charge >= 0.3 is 5.91 Å². The summed E-state index contributed by atoms with van der Waals surface area (Å²) < 4.78 is 11.9. The molecular weight excluding hydrogens is 400 g/mol. The van der Waals surface area contributed by atoms with Crippen LogP contribution < -0.4 is 15.6 Å². The van der Waals surface area contributed by atoms with Gasteiger partial charge in [0.1, 0.15) is 18.1 Å². The molecule has 6 nitrogen and oxygen atoms in total. The van der Waals surface area contributed by atoms with Crippen LogP contribution in [0.5, 0.6) is 5.75 Å². The van der Waals surface area contributed by atoms with Crippen molar-refractivity contribution in [3.8, 4) is 5.75 Å². The van der Waals surface area contributed by atoms with Crippen molar-refractivity contribution in [1.82, 2.24) is 10.9 Å². The fourth-order valence-electron chi connectivity index (χ4n) is 2.13. The summed E-state index contributed by atoms with van der Waals surface area (Å²) in [7, 11) is 0. The summed E-state index contributed by atoms with van der Waals surface area (Å²) in [5, 5.41) is 0. The van der Waals surface area contributed by atoms with Crippen LogP contribution >= 0.6 is 15.9 Å². The topological polar surface area (TPSA) is 80.6 Å². The molecule has 0 fully saturated rings. The van der Waals surface area contributed by atoms with Gasteiger partial charge in [-0.2, -0.15) is 0 Å². The molecule has 0 aliphatic rings. The summed E-state index contributed by atoms with van der Waals surface area (Å²) in [6.07, 6.45) is 0. The van der Waals surface area contributed by atoms with E-state index in [-0.39, 0.29) is 12.4 Å². The lowest BCUT2D eigenvalue weighted by Gasteiger charge is -2.06. The van der Waals surface area contributed by atoms with Gasteiger partial charge in [0.05, 0.1) is 0 Å². The molecule has 0 aliphatic heterocycles. The maximum absolute atomic E-state index is 12.0. The quantitative estimate of drug-likeness (QED) is 0.623. The van der Waals surface area contributed by atoms with E-state index in [2.05, 4.69) is 26.8 Å². The fraction of sp³-hybridized carbons (Fsp3) is 0.0526. The highest BCUT2D eigenvalue weighted by Gasteiger charge is 2.13. The van der Waals surface area contributed by atoms with Crippen LogP contribution in [0.2, 0.25) is 0 Å². The minimum absolute atomic E-state index is 0.0752. The first-order valence-corrected chi connectivity index (χ1v) is 8.54. The minimum atomic E-state index is -0.553. The van der Waals surface area contributed by atoms with Crippen molar-refractivity contribution in [2.45, 2.75) is 6.61 Å². The van der Waals surface area contributed by atoms with Crippen LogP contribution in [-0.2, 0) is 6.61 Å². The summed E-state index contributed by atoms with van der Waals surface area (Å²) in [4.78, 5) is 23.9. The standard InChI is InChI=1S/C19H15BrN2O4/c20-14-7-4-8-15(11-14)25-12-16-9-10-17(26-16)19(24)22-21-18(23)13-5-2-1-3-6-13/h1-11H,12H2,(H,21,23)(H,22,24). The number of furan rings is 1. The van der Waals surface area contributed by atoms with Crippen molar-refractivity contribution >= 4 is 27.7 Å². The Balaban J connectivity index is 1.52. The lowest BCUT2D eigenvalue weighted by Crippen LogP contribution is -2.41. The summed E-state index contributed by atoms with van der Waals surface area (Å²) in [5.74, 6) is 0.277. The molecule has 0 atom stereocenters. The number of benzene rings is 2. The second kappa shape index (κ2) is 8.35. The second-order valence-electron chi connectivity index (χ2n) is 5.29. The van der Waals surface area contributed by atoms with Gasteiger partial charge in [0.25, 0.3) is 5.91 Å². The van der Waals surface area contributed by atoms with Gasteiger partial charge in [-0.3, -0.25) is 20.4 Å². The van der Waals surface area contributed by atoms with Crippen molar-refractivity contribution in [2.75, 3.05) is 0 Å². The maximum Gasteiger partial charge on any atom is 0.305 e. The first-order chi connectivity index (χ1) is 12.6. The van der Waals surface area contributed by atoms with E-state index in [4.69, 9.17) is 9.15 Å². The molecule has 0 saturated carbocycles. The predicted molar refractivity (Wildman–Crippen MR) is 98.6 cm³/mol. The molecule has 2 N–H and O–H groups in total. The number of rotatable bonds is 5. The van der Waals surface area contributed by atoms with E-state index >= 15 is 0 Å². The SMILES string of the molecule is O=C(NNC(=O)c1ccc(COc2cccc(Br)c2)o1)c1ccccc1. The Hall–Kier alpha value is -3.06. The molecule has 2 amide bonds. The third kappa shape index (κ3) is 4.73. The molecule has 0 spiro atoms. The molecule has 1 heterocycles. The van der Waals surface area contributed by atoms with Crippen LogP contribution in [0.3, 0.4) is 0 Å². The highest BCUT2D eigenvalue weighted by molar-refractivity contribution is 9.10. The molecule has 3 aromatic rings. The Bertz CT molecular complexity index is 909. The predicted octanol–water partition coefficient (Wildman–Crippen LogP) is 3.70. The Morgan fingerprint density at radius 3 is 2.46 bits per heavy atom. The highest BCUT2D eigenvalue weighted by atomic mass is 79.9. The number of carbonyl (C=O) groups excluding carboxylic acids is 2. The molecule has 132 valence electrons. The fourth-order valence-corrected chi connectivity index (χ4v) is 2.50. The Labute approximate surface area is 158 Å². The van der Waals surface area contributed by atoms with Gasteiger partial charge in [-0.15, -0.1) is 0 Å². The number of hydrazine groups is 1. The Kier molecular flexibility index (Phi) is 5.70. The molecule has 7 heteroatoms. The second-order valence-corrected chi connectivity index (χ2v) is 6.20. The summed E-state index contributed by atoms with van der Waals surface area (Å²) in [6.45, 7) is 0.181. The minimum Gasteiger partial charge on any atom is -0.486 e. The van der Waals surface area contributed by atoms with Crippen LogP contribution in [0.1, 0.15) is 26.7 Å². The smallest absolute Gasteiger partial charge is 0.305 e. The van der Waals surface area contributed by atoms with Crippen molar-refractivity contribution in [1.29, 1.82) is 0 Å². The first kappa shape index (κ1) is 17.8. The monoisotopic (exact) mass is 414 g/mol. The van der Waals surface area contributed by atoms with E-state index in [1.807, 2.05) is 24.3 Å². The number of halogens is 1. The van der Waals surface area contributed by atoms with Crippen molar-refractivity contribution in [2.24, 2.45) is 0 Å². The summed E-state index contributed by atoms with van der Waals surface area (Å²) >= 11 is 3.37. The summed E-state index contributed by atoms with van der Waals surface area (Å²) in [5.41, 5.74) is 5.09. The molecule has 2 aromatic carbocycles. The van der Waals surface area contributed by atoms with E-state index < -0.39 is 11.8 Å². The van der Waals surface area contributed by atoms with Gasteiger partial charge in [-0.05, 0) is 42.5 Å². The lowest BCUT2D eigenvalue weighted by atomic mass is 10.2. The highest BCUT2D eigenvalue weighted by Crippen LogP contribution is 2.19. The first-order valence-electron chi connectivity index (χ1n) is 7.74. The average molecular weight is 415 g/mol. The van der Waals surface area contributed by atoms with E-state index in [1.165, 1.54) is 6.07 Å². The zero-order valence-corrected chi connectivity index (χ0v) is 15.2. The number of ether oxygens (including phenoxy) is 1. The van der Waals surface area contributed by atoms with E-state index in [0.29, 0.717) is 17.1 Å². The largest absolute Gasteiger partial charge is 0.486 e. The number of nitrogens with one attached hydrogen (secondary N) is 2. The van der Waals surface area contributed by atoms with Gasteiger partial charge < -0.3 is 9.15 Å². The third-order valence-corrected chi connectivity index (χ3v) is 3.88. The molecule has 26 heavy (non-hydrogen) atoms. The van der Waals surface area contributed by atoms with E-state index in [1.54, 1.807) is 36.4 Å². The Morgan fingerprint density at radius 1 is 0.923 bits per heavy atom. The molecule has 0 saturated heterocycles. The maximum atomic E-state index is 12.0. The van der Waals surface area contributed by atoms with Crippen LogP contribution in [0.15, 0.2) is 75.6 Å². The van der Waals surface area contributed by atoms with Crippen LogP contribution in [0.25, 0.3) is 0 Å². The summed E-state index contributed by atoms with van der Waals surface area (Å²) in [6, 6.07) is 19.1. The zero-order chi connectivity index (χ0) is 18.4. The molecule has 0 bridgehead atoms. The molecule has 0 aliphatic carbocycles. The van der Waals surface area contributed by atoms with Gasteiger partial charge in [-0.25, -0.2) is 0 Å². The van der Waals surface area contributed by atoms with Gasteiger partial charge in [0.15, 0.2) is 5.76 Å². The molecule has 1 aromatic heterocycles. The molecule has 3 rings (SSSR count). The normalized spacial score (nSPS) is 10.2. The van der Waals surface area contributed by atoms with E-state index in [9.17, 15) is 9.59 Å². The number of carbonyl (C=O) groups is 2. The van der Waals surface area contributed by atoms with Crippen molar-refractivity contribution < 1.29 is 18.7 Å². The van der Waals surface area contributed by atoms with Crippen LogP contribution in [0.4, 0.5) is 0 Å². The van der Waals surface area contributed by atoms with Crippen molar-refractivity contribution in [3.05, 3.63) is 88.3 Å². The Morgan fingerprint density at radius 2 is 1.69 bits per heavy atom. The lowest BCUT2D eigenvalue weighted by molar-refractivity contribution is 0.0828. The number of hydrogen-bond acceptors (Lipinski definition) is 4. The third-order valence-electron chi connectivity index (χ3n) is 3.39. The van der Waals surface area contributed by atoms with E-state index in [0.717, 1.165) is 4.47 Å². The molecule has 0 radical (unpaired) electrons. The van der Waals surface area contributed by atoms with Gasteiger partial charge in [-0.1, -0.05) is 40.2 Å². The number of amides is 2. The molecule has 0 unspecified atom stereocenters. The van der Waals surface area contributed by atoms with Gasteiger partial charge in [0, 0.05) is 10.0 Å². The average Bonchev–Trinajstić information content (AvgIpc) is 3.14.